The number of halogens is 3. The summed E-state index contributed by atoms with van der Waals surface area (Å²) in [5, 5.41) is 8.76. The molecular weight excluding hydrogens is 241 g/mol. The molecule has 0 aromatic carbocycles. The molecule has 2 heterocycles. The first-order valence-corrected chi connectivity index (χ1v) is 5.16. The van der Waals surface area contributed by atoms with Crippen molar-refractivity contribution in [2.45, 2.75) is 18.6 Å². The zero-order valence-electron chi connectivity index (χ0n) is 8.78. The third kappa shape index (κ3) is 2.03. The number of carboxylic acid groups (broad SMARTS) is 1. The maximum atomic E-state index is 12.2. The summed E-state index contributed by atoms with van der Waals surface area (Å²) in [5.74, 6) is -1.79. The van der Waals surface area contributed by atoms with E-state index in [1.165, 1.54) is 0 Å². The maximum absolute atomic E-state index is 12.2. The Morgan fingerprint density at radius 3 is 2.41 bits per heavy atom. The van der Waals surface area contributed by atoms with Crippen molar-refractivity contribution in [1.29, 1.82) is 0 Å². The van der Waals surface area contributed by atoms with Crippen molar-refractivity contribution in [3.63, 3.8) is 0 Å². The second-order valence-electron chi connectivity index (χ2n) is 4.30. The summed E-state index contributed by atoms with van der Waals surface area (Å²) in [4.78, 5) is 23.5. The zero-order valence-corrected chi connectivity index (χ0v) is 8.78. The Morgan fingerprint density at radius 2 is 1.88 bits per heavy atom. The van der Waals surface area contributed by atoms with Crippen LogP contribution in [0.3, 0.4) is 0 Å². The summed E-state index contributed by atoms with van der Waals surface area (Å²) in [6, 6.07) is -0.479. The van der Waals surface area contributed by atoms with Crippen LogP contribution >= 0.6 is 0 Å². The van der Waals surface area contributed by atoms with Crippen LogP contribution < -0.4 is 0 Å². The van der Waals surface area contributed by atoms with Crippen molar-refractivity contribution < 1.29 is 27.9 Å². The Labute approximate surface area is 94.8 Å². The average molecular weight is 252 g/mol. The van der Waals surface area contributed by atoms with Gasteiger partial charge < -0.3 is 14.9 Å². The van der Waals surface area contributed by atoms with E-state index in [0.29, 0.717) is 17.9 Å². The normalized spacial score (nSPS) is 28.4. The topological polar surface area (TPSA) is 60.9 Å². The molecule has 0 aromatic heterocycles. The number of hydrogen-bond acceptors (Lipinski definition) is 2. The Hall–Kier alpha value is -1.47. The highest BCUT2D eigenvalue weighted by Crippen LogP contribution is 2.33. The number of fused-ring (bicyclic) bond motifs is 1. The predicted octanol–water partition coefficient (Wildman–Crippen LogP) is 0.759. The fourth-order valence-electron chi connectivity index (χ4n) is 2.38. The van der Waals surface area contributed by atoms with Gasteiger partial charge in [0.2, 0.25) is 0 Å². The minimum atomic E-state index is -4.88. The maximum Gasteiger partial charge on any atom is 0.471 e. The number of rotatable bonds is 0. The molecular formula is C9H11F3N2O3. The molecule has 2 atom stereocenters. The fourth-order valence-corrected chi connectivity index (χ4v) is 2.38. The minimum absolute atomic E-state index is 0.0486. The summed E-state index contributed by atoms with van der Waals surface area (Å²) < 4.78 is 36.6. The van der Waals surface area contributed by atoms with Gasteiger partial charge in [-0.25, -0.2) is 4.79 Å². The molecule has 2 fully saturated rings. The van der Waals surface area contributed by atoms with Crippen molar-refractivity contribution in [2.75, 3.05) is 19.6 Å². The van der Waals surface area contributed by atoms with Crippen LogP contribution in [0.5, 0.6) is 0 Å². The first kappa shape index (κ1) is 12.0. The van der Waals surface area contributed by atoms with Crippen molar-refractivity contribution in [2.24, 2.45) is 5.92 Å². The van der Waals surface area contributed by atoms with Crippen molar-refractivity contribution in [3.8, 4) is 0 Å². The van der Waals surface area contributed by atoms with Gasteiger partial charge in [0.1, 0.15) is 0 Å². The van der Waals surface area contributed by atoms with E-state index in [9.17, 15) is 22.8 Å². The summed E-state index contributed by atoms with van der Waals surface area (Å²) in [6.07, 6.45) is -5.60. The molecule has 0 radical (unpaired) electrons. The molecule has 8 heteroatoms. The van der Waals surface area contributed by atoms with Gasteiger partial charge in [-0.05, 0) is 6.42 Å². The fraction of sp³-hybridized carbons (Fsp3) is 0.778. The standard InChI is InChI=1S/C9H11F3N2O3/c10-9(11,12)7(15)13-2-1-5-3-14(8(16)17)6(5)4-13/h5-6H,1-4H2,(H,16,17)/t5-,6-/m0/s1. The summed E-state index contributed by atoms with van der Waals surface area (Å²) >= 11 is 0. The summed E-state index contributed by atoms with van der Waals surface area (Å²) in [5.41, 5.74) is 0. The van der Waals surface area contributed by atoms with Gasteiger partial charge in [0.15, 0.2) is 0 Å². The van der Waals surface area contributed by atoms with Crippen LogP contribution in [0.25, 0.3) is 0 Å². The Balaban J connectivity index is 2.01. The summed E-state index contributed by atoms with van der Waals surface area (Å²) in [6.45, 7) is 0.246. The van der Waals surface area contributed by atoms with Gasteiger partial charge in [0, 0.05) is 25.6 Å². The Morgan fingerprint density at radius 1 is 1.24 bits per heavy atom. The third-order valence-corrected chi connectivity index (χ3v) is 3.33. The number of alkyl halides is 3. The highest BCUT2D eigenvalue weighted by Gasteiger charge is 2.50. The number of carbonyl (C=O) groups excluding carboxylic acids is 1. The largest absolute Gasteiger partial charge is 0.471 e. The molecule has 0 spiro atoms. The van der Waals surface area contributed by atoms with Gasteiger partial charge in [-0.1, -0.05) is 0 Å². The predicted molar refractivity (Wildman–Crippen MR) is 49.3 cm³/mol. The molecule has 2 amide bonds. The molecule has 0 unspecified atom stereocenters. The van der Waals surface area contributed by atoms with Crippen LogP contribution in [0.1, 0.15) is 6.42 Å². The lowest BCUT2D eigenvalue weighted by molar-refractivity contribution is -0.189. The molecule has 17 heavy (non-hydrogen) atoms. The Kier molecular flexibility index (Phi) is 2.67. The summed E-state index contributed by atoms with van der Waals surface area (Å²) in [7, 11) is 0. The molecule has 1 N–H and O–H groups in total. The van der Waals surface area contributed by atoms with Gasteiger partial charge in [-0.2, -0.15) is 13.2 Å². The zero-order chi connectivity index (χ0) is 12.8. The van der Waals surface area contributed by atoms with Crippen molar-refractivity contribution in [3.05, 3.63) is 0 Å². The van der Waals surface area contributed by atoms with E-state index >= 15 is 0 Å². The van der Waals surface area contributed by atoms with Crippen LogP contribution in [0.4, 0.5) is 18.0 Å². The lowest BCUT2D eigenvalue weighted by Crippen LogP contribution is -2.66. The second kappa shape index (κ2) is 3.78. The number of carbonyl (C=O) groups is 2. The molecule has 0 bridgehead atoms. The van der Waals surface area contributed by atoms with Gasteiger partial charge in [0.05, 0.1) is 6.04 Å². The first-order valence-electron chi connectivity index (χ1n) is 5.16. The molecule has 0 aromatic rings. The monoisotopic (exact) mass is 252 g/mol. The van der Waals surface area contributed by atoms with Crippen molar-refractivity contribution in [1.82, 2.24) is 9.80 Å². The van der Waals surface area contributed by atoms with Crippen LogP contribution in [0, 0.1) is 5.92 Å². The van der Waals surface area contributed by atoms with Gasteiger partial charge >= 0.3 is 18.2 Å². The highest BCUT2D eigenvalue weighted by molar-refractivity contribution is 5.82. The van der Waals surface area contributed by atoms with E-state index in [0.717, 1.165) is 4.90 Å². The number of likely N-dealkylation sites (tertiary alicyclic amines) is 2. The van der Waals surface area contributed by atoms with Gasteiger partial charge in [-0.3, -0.25) is 4.79 Å². The molecule has 2 rings (SSSR count). The van der Waals surface area contributed by atoms with E-state index in [-0.39, 0.29) is 19.0 Å². The van der Waals surface area contributed by atoms with E-state index < -0.39 is 24.2 Å². The number of hydrogen-bond donors (Lipinski definition) is 1. The minimum Gasteiger partial charge on any atom is -0.465 e. The van der Waals surface area contributed by atoms with Gasteiger partial charge in [-0.15, -0.1) is 0 Å². The average Bonchev–Trinajstić information content (AvgIpc) is 2.17. The lowest BCUT2D eigenvalue weighted by Gasteiger charge is -2.51. The van der Waals surface area contributed by atoms with Crippen LogP contribution in [-0.4, -0.2) is 58.8 Å². The molecule has 0 aliphatic carbocycles. The molecule has 2 saturated heterocycles. The lowest BCUT2D eigenvalue weighted by atomic mass is 9.82. The molecule has 0 saturated carbocycles. The number of amides is 2. The van der Waals surface area contributed by atoms with Crippen molar-refractivity contribution >= 4 is 12.0 Å². The van der Waals surface area contributed by atoms with Crippen LogP contribution in [-0.2, 0) is 4.79 Å². The van der Waals surface area contributed by atoms with Crippen LogP contribution in [0.15, 0.2) is 0 Å². The smallest absolute Gasteiger partial charge is 0.465 e. The third-order valence-electron chi connectivity index (χ3n) is 3.33. The van der Waals surface area contributed by atoms with Gasteiger partial charge in [0.25, 0.3) is 0 Å². The number of nitrogens with zero attached hydrogens (tertiary/aromatic N) is 2. The molecule has 96 valence electrons. The van der Waals surface area contributed by atoms with Crippen LogP contribution in [0.2, 0.25) is 0 Å². The van der Waals surface area contributed by atoms with E-state index in [4.69, 9.17) is 5.11 Å². The molecule has 5 nitrogen and oxygen atoms in total. The SMILES string of the molecule is O=C(O)N1C[C@@H]2CCN(C(=O)C(F)(F)F)C[C@@H]21. The van der Waals surface area contributed by atoms with E-state index in [1.54, 1.807) is 0 Å². The highest BCUT2D eigenvalue weighted by atomic mass is 19.4. The molecule has 2 aliphatic heterocycles. The quantitative estimate of drug-likeness (QED) is 0.692. The first-order chi connectivity index (χ1) is 7.80. The molecule has 2 aliphatic rings. The Bertz CT molecular complexity index is 358. The second-order valence-corrected chi connectivity index (χ2v) is 4.30. The van der Waals surface area contributed by atoms with E-state index in [2.05, 4.69) is 0 Å². The number of piperidine rings is 1. The van der Waals surface area contributed by atoms with E-state index in [1.807, 2.05) is 0 Å².